The van der Waals surface area contributed by atoms with Crippen LogP contribution in [0.25, 0.3) is 0 Å². The zero-order chi connectivity index (χ0) is 14.8. The molecule has 0 spiro atoms. The Morgan fingerprint density at radius 1 is 1.47 bits per heavy atom. The van der Waals surface area contributed by atoms with E-state index in [1.165, 1.54) is 12.4 Å². The fourth-order valence-electron chi connectivity index (χ4n) is 1.45. The highest BCUT2D eigenvalue weighted by molar-refractivity contribution is 5.75. The van der Waals surface area contributed by atoms with Crippen LogP contribution in [-0.2, 0) is 11.3 Å². The van der Waals surface area contributed by atoms with Gasteiger partial charge in [-0.2, -0.15) is 8.78 Å². The summed E-state index contributed by atoms with van der Waals surface area (Å²) in [7, 11) is 0. The highest BCUT2D eigenvalue weighted by atomic mass is 19.3. The molecule has 2 N–H and O–H groups in total. The zero-order valence-electron chi connectivity index (χ0n) is 11.4. The molecule has 0 aliphatic heterocycles. The Kier molecular flexibility index (Phi) is 4.29. The summed E-state index contributed by atoms with van der Waals surface area (Å²) in [5.41, 5.74) is -1.83. The molecule has 0 saturated carbocycles. The highest BCUT2D eigenvalue weighted by Gasteiger charge is 2.43. The van der Waals surface area contributed by atoms with Crippen LogP contribution in [0.15, 0.2) is 12.4 Å². The van der Waals surface area contributed by atoms with Gasteiger partial charge in [0.05, 0.1) is 12.0 Å². The van der Waals surface area contributed by atoms with Crippen LogP contribution in [-0.4, -0.2) is 26.2 Å². The molecule has 1 aromatic rings. The largest absolute Gasteiger partial charge is 0.481 e. The Bertz CT molecular complexity index is 456. The summed E-state index contributed by atoms with van der Waals surface area (Å²) < 4.78 is 26.0. The van der Waals surface area contributed by atoms with Gasteiger partial charge < -0.3 is 10.4 Å². The van der Waals surface area contributed by atoms with E-state index in [0.717, 1.165) is 4.57 Å². The number of imidazole rings is 1. The number of rotatable bonds is 6. The van der Waals surface area contributed by atoms with E-state index >= 15 is 0 Å². The molecule has 5 nitrogen and oxygen atoms in total. The number of halogens is 2. The van der Waals surface area contributed by atoms with Crippen LogP contribution in [0.3, 0.4) is 0 Å². The Labute approximate surface area is 110 Å². The van der Waals surface area contributed by atoms with Crippen LogP contribution in [0.5, 0.6) is 0 Å². The molecule has 7 heteroatoms. The number of nitrogens with one attached hydrogen (secondary N) is 1. The molecular weight excluding hydrogens is 256 g/mol. The lowest BCUT2D eigenvalue weighted by atomic mass is 9.74. The number of nitrogens with zero attached hydrogens (tertiary/aromatic N) is 2. The zero-order valence-corrected chi connectivity index (χ0v) is 11.4. The summed E-state index contributed by atoms with van der Waals surface area (Å²) in [6.45, 7) is 4.02. The van der Waals surface area contributed by atoms with Crippen molar-refractivity contribution in [1.82, 2.24) is 14.9 Å². The van der Waals surface area contributed by atoms with Crippen molar-refractivity contribution in [3.63, 3.8) is 0 Å². The molecule has 0 saturated heterocycles. The van der Waals surface area contributed by atoms with Gasteiger partial charge in [0.1, 0.15) is 5.82 Å². The van der Waals surface area contributed by atoms with Crippen molar-refractivity contribution in [1.29, 1.82) is 0 Å². The van der Waals surface area contributed by atoms with Gasteiger partial charge in [-0.1, -0.05) is 0 Å². The van der Waals surface area contributed by atoms with Crippen LogP contribution in [0, 0.1) is 5.41 Å². The minimum absolute atomic E-state index is 0.0705. The van der Waals surface area contributed by atoms with Crippen LogP contribution < -0.4 is 5.32 Å². The summed E-state index contributed by atoms with van der Waals surface area (Å²) in [6.07, 6.45) is 2.48. The molecule has 0 amide bonds. The Morgan fingerprint density at radius 2 is 2.05 bits per heavy atom. The molecule has 0 unspecified atom stereocenters. The maximum Gasteiger partial charge on any atom is 0.319 e. The average Bonchev–Trinajstić information content (AvgIpc) is 2.74. The topological polar surface area (TPSA) is 67.2 Å². The molecule has 0 aliphatic carbocycles. The first-order valence-electron chi connectivity index (χ1n) is 5.88. The minimum Gasteiger partial charge on any atom is -0.481 e. The van der Waals surface area contributed by atoms with E-state index in [1.807, 2.05) is 0 Å². The van der Waals surface area contributed by atoms with Crippen LogP contribution >= 0.6 is 0 Å². The van der Waals surface area contributed by atoms with Crippen LogP contribution in [0.1, 0.15) is 40.1 Å². The Morgan fingerprint density at radius 3 is 2.53 bits per heavy atom. The Balaban J connectivity index is 2.81. The van der Waals surface area contributed by atoms with E-state index in [1.54, 1.807) is 27.7 Å². The lowest BCUT2D eigenvalue weighted by Gasteiger charge is -2.39. The fourth-order valence-corrected chi connectivity index (χ4v) is 1.45. The van der Waals surface area contributed by atoms with E-state index in [2.05, 4.69) is 10.3 Å². The van der Waals surface area contributed by atoms with E-state index in [9.17, 15) is 18.7 Å². The number of alkyl halides is 2. The van der Waals surface area contributed by atoms with Crippen molar-refractivity contribution in [3.05, 3.63) is 18.2 Å². The molecule has 1 heterocycles. The van der Waals surface area contributed by atoms with Gasteiger partial charge >= 0.3 is 12.5 Å². The Hall–Kier alpha value is -1.50. The molecule has 0 aliphatic rings. The fraction of sp³-hybridized carbons (Fsp3) is 0.667. The third-order valence-corrected chi connectivity index (χ3v) is 3.74. The van der Waals surface area contributed by atoms with Gasteiger partial charge in [-0.15, -0.1) is 0 Å². The van der Waals surface area contributed by atoms with Crippen molar-refractivity contribution in [2.45, 2.75) is 46.3 Å². The average molecular weight is 275 g/mol. The smallest absolute Gasteiger partial charge is 0.319 e. The van der Waals surface area contributed by atoms with E-state index in [-0.39, 0.29) is 12.4 Å². The van der Waals surface area contributed by atoms with Crippen molar-refractivity contribution < 1.29 is 18.7 Å². The van der Waals surface area contributed by atoms with Gasteiger partial charge in [0.2, 0.25) is 0 Å². The molecule has 1 aromatic heterocycles. The quantitative estimate of drug-likeness (QED) is 0.835. The van der Waals surface area contributed by atoms with Crippen molar-refractivity contribution in [2.24, 2.45) is 5.41 Å². The van der Waals surface area contributed by atoms with Gasteiger partial charge in [0.25, 0.3) is 0 Å². The second-order valence-electron chi connectivity index (χ2n) is 5.44. The maximum atomic E-state index is 12.6. The van der Waals surface area contributed by atoms with Gasteiger partial charge in [-0.05, 0) is 27.7 Å². The van der Waals surface area contributed by atoms with Crippen LogP contribution in [0.2, 0.25) is 0 Å². The highest BCUT2D eigenvalue weighted by Crippen LogP contribution is 2.31. The third-order valence-electron chi connectivity index (χ3n) is 3.74. The molecule has 1 rings (SSSR count). The molecule has 0 aromatic carbocycles. The predicted molar refractivity (Wildman–Crippen MR) is 65.8 cm³/mol. The summed E-state index contributed by atoms with van der Waals surface area (Å²) in [6, 6.07) is 0. The van der Waals surface area contributed by atoms with Crippen molar-refractivity contribution in [3.8, 4) is 0 Å². The van der Waals surface area contributed by atoms with Crippen LogP contribution in [0.4, 0.5) is 8.78 Å². The summed E-state index contributed by atoms with van der Waals surface area (Å²) in [4.78, 5) is 15.1. The first-order valence-corrected chi connectivity index (χ1v) is 5.88. The van der Waals surface area contributed by atoms with E-state index in [4.69, 9.17) is 0 Å². The number of carbonyl (C=O) groups is 1. The standard InChI is InChI=1S/C12H19F2N3O2/c1-11(2,9(18)19)12(3,4)16-7-8-15-5-6-17(8)10(13)14/h5-6,10,16H,7H2,1-4H3,(H,18,19). The summed E-state index contributed by atoms with van der Waals surface area (Å²) >= 11 is 0. The van der Waals surface area contributed by atoms with Gasteiger partial charge in [0.15, 0.2) is 0 Å². The number of carboxylic acids is 1. The summed E-state index contributed by atoms with van der Waals surface area (Å²) in [5, 5.41) is 12.2. The SMILES string of the molecule is CC(C)(NCc1nccn1C(F)F)C(C)(C)C(=O)O. The number of aliphatic carboxylic acids is 1. The number of aromatic nitrogens is 2. The normalized spacial score (nSPS) is 13.0. The molecule has 0 radical (unpaired) electrons. The minimum atomic E-state index is -2.66. The molecule has 19 heavy (non-hydrogen) atoms. The van der Waals surface area contributed by atoms with Gasteiger partial charge in [-0.25, -0.2) is 4.98 Å². The number of carboxylic acid groups (broad SMARTS) is 1. The van der Waals surface area contributed by atoms with Gasteiger partial charge in [0, 0.05) is 17.9 Å². The first kappa shape index (κ1) is 15.6. The first-order chi connectivity index (χ1) is 8.59. The predicted octanol–water partition coefficient (Wildman–Crippen LogP) is 2.26. The van der Waals surface area contributed by atoms with E-state index < -0.39 is 23.5 Å². The number of hydrogen-bond acceptors (Lipinski definition) is 3. The van der Waals surface area contributed by atoms with Gasteiger partial charge in [-0.3, -0.25) is 9.36 Å². The second kappa shape index (κ2) is 5.24. The lowest BCUT2D eigenvalue weighted by molar-refractivity contribution is -0.151. The summed E-state index contributed by atoms with van der Waals surface area (Å²) in [5.74, 6) is -0.786. The van der Waals surface area contributed by atoms with Crippen molar-refractivity contribution >= 4 is 5.97 Å². The molecule has 108 valence electrons. The molecule has 0 bridgehead atoms. The lowest BCUT2D eigenvalue weighted by Crippen LogP contribution is -2.54. The molecular formula is C12H19F2N3O2. The van der Waals surface area contributed by atoms with E-state index in [0.29, 0.717) is 0 Å². The third kappa shape index (κ3) is 3.09. The molecule has 0 atom stereocenters. The number of hydrogen-bond donors (Lipinski definition) is 2. The monoisotopic (exact) mass is 275 g/mol. The maximum absolute atomic E-state index is 12.6. The van der Waals surface area contributed by atoms with Crippen molar-refractivity contribution in [2.75, 3.05) is 0 Å². The molecule has 0 fully saturated rings. The second-order valence-corrected chi connectivity index (χ2v) is 5.44.